The molecule has 0 saturated heterocycles. The van der Waals surface area contributed by atoms with Crippen molar-refractivity contribution in [1.82, 2.24) is 0 Å². The van der Waals surface area contributed by atoms with Crippen LogP contribution in [0.5, 0.6) is 0 Å². The molecule has 1 amide bonds. The largest absolute Gasteiger partial charge is 0.383 e. The number of fused-ring (bicyclic) bond motifs is 1. The van der Waals surface area contributed by atoms with Crippen molar-refractivity contribution in [2.24, 2.45) is 0 Å². The molecule has 2 aromatic carbocycles. The third kappa shape index (κ3) is 4.09. The number of carbonyl (C=O) groups excluding carboxylic acids is 1. The second kappa shape index (κ2) is 8.18. The first-order chi connectivity index (χ1) is 13.0. The van der Waals surface area contributed by atoms with Gasteiger partial charge in [0.15, 0.2) is 0 Å². The number of nitrogens with zero attached hydrogens (tertiary/aromatic N) is 1. The van der Waals surface area contributed by atoms with Gasteiger partial charge in [-0.2, -0.15) is 0 Å². The number of anilines is 3. The molecule has 27 heavy (non-hydrogen) atoms. The average molecular weight is 373 g/mol. The van der Waals surface area contributed by atoms with Gasteiger partial charge in [-0.15, -0.1) is 0 Å². The van der Waals surface area contributed by atoms with Gasteiger partial charge in [0.25, 0.3) is 5.91 Å². The highest BCUT2D eigenvalue weighted by molar-refractivity contribution is 6.31. The predicted molar refractivity (Wildman–Crippen MR) is 103 cm³/mol. The molecular formula is C20H21F2N3O2. The Morgan fingerprint density at radius 1 is 1.22 bits per heavy atom. The highest BCUT2D eigenvalue weighted by atomic mass is 19.1. The molecule has 0 unspecified atom stereocenters. The van der Waals surface area contributed by atoms with Crippen LogP contribution in [0.15, 0.2) is 42.6 Å². The fourth-order valence-electron chi connectivity index (χ4n) is 2.97. The maximum Gasteiger partial charge on any atom is 0.257 e. The van der Waals surface area contributed by atoms with Crippen molar-refractivity contribution in [3.05, 3.63) is 59.8 Å². The van der Waals surface area contributed by atoms with Crippen LogP contribution in [0.2, 0.25) is 0 Å². The molecular weight excluding hydrogens is 352 g/mol. The maximum atomic E-state index is 14.5. The lowest BCUT2D eigenvalue weighted by Crippen LogP contribution is -2.27. The monoisotopic (exact) mass is 373 g/mol. The highest BCUT2D eigenvalue weighted by Crippen LogP contribution is 2.32. The van der Waals surface area contributed by atoms with E-state index in [2.05, 4.69) is 10.6 Å². The van der Waals surface area contributed by atoms with Gasteiger partial charge in [0, 0.05) is 37.7 Å². The minimum Gasteiger partial charge on any atom is -0.383 e. The predicted octanol–water partition coefficient (Wildman–Crippen LogP) is 3.84. The Labute approximate surface area is 156 Å². The van der Waals surface area contributed by atoms with Gasteiger partial charge in [0.1, 0.15) is 11.6 Å². The molecule has 2 N–H and O–H groups in total. The van der Waals surface area contributed by atoms with Crippen LogP contribution in [0.4, 0.5) is 25.8 Å². The maximum absolute atomic E-state index is 14.5. The normalized spacial score (nSPS) is 14.2. The Bertz CT molecular complexity index is 884. The van der Waals surface area contributed by atoms with Gasteiger partial charge >= 0.3 is 0 Å². The summed E-state index contributed by atoms with van der Waals surface area (Å²) in [6.07, 6.45) is 1.50. The van der Waals surface area contributed by atoms with E-state index in [4.69, 9.17) is 4.74 Å². The number of hydrogen-bond donors (Lipinski definition) is 2. The zero-order chi connectivity index (χ0) is 19.4. The van der Waals surface area contributed by atoms with Crippen LogP contribution in [0.3, 0.4) is 0 Å². The number of hydrogen-bond acceptors (Lipinski definition) is 4. The number of methoxy groups -OCH3 is 1. The van der Waals surface area contributed by atoms with Gasteiger partial charge in [-0.3, -0.25) is 4.79 Å². The van der Waals surface area contributed by atoms with Crippen molar-refractivity contribution < 1.29 is 18.3 Å². The van der Waals surface area contributed by atoms with E-state index in [-0.39, 0.29) is 11.7 Å². The molecule has 0 atom stereocenters. The van der Waals surface area contributed by atoms with E-state index in [1.54, 1.807) is 19.2 Å². The quantitative estimate of drug-likeness (QED) is 0.724. The van der Waals surface area contributed by atoms with Crippen molar-refractivity contribution in [2.45, 2.75) is 6.92 Å². The number of ether oxygens (including phenoxy) is 1. The van der Waals surface area contributed by atoms with Crippen LogP contribution < -0.4 is 15.5 Å². The van der Waals surface area contributed by atoms with Gasteiger partial charge in [0.2, 0.25) is 0 Å². The molecule has 7 heteroatoms. The summed E-state index contributed by atoms with van der Waals surface area (Å²) >= 11 is 0. The first kappa shape index (κ1) is 18.8. The molecule has 3 rings (SSSR count). The number of likely N-dealkylation sites (N-methyl/N-ethyl adjacent to an activating group) is 1. The first-order valence-electron chi connectivity index (χ1n) is 8.65. The summed E-state index contributed by atoms with van der Waals surface area (Å²) in [5.74, 6) is -1.12. The van der Waals surface area contributed by atoms with Crippen LogP contribution in [0, 0.1) is 11.6 Å². The third-order valence-corrected chi connectivity index (χ3v) is 4.38. The van der Waals surface area contributed by atoms with Gasteiger partial charge in [0.05, 0.1) is 23.6 Å². The van der Waals surface area contributed by atoms with E-state index in [1.807, 2.05) is 11.8 Å². The topological polar surface area (TPSA) is 53.6 Å². The standard InChI is InChI=1S/C20H21F2N3O2/c1-3-25(8-9-27-2)19-7-5-14(11-17(19)22)23-12-16-15-6-4-13(21)10-18(15)24-20(16)26/h4-7,10-12,23H,3,8-9H2,1-2H3,(H,24,26). The average Bonchev–Trinajstić information content (AvgIpc) is 2.96. The highest BCUT2D eigenvalue weighted by Gasteiger charge is 2.24. The van der Waals surface area contributed by atoms with E-state index in [9.17, 15) is 13.6 Å². The van der Waals surface area contributed by atoms with Crippen LogP contribution in [-0.2, 0) is 9.53 Å². The summed E-state index contributed by atoms with van der Waals surface area (Å²) in [4.78, 5) is 14.0. The molecule has 0 aliphatic carbocycles. The summed E-state index contributed by atoms with van der Waals surface area (Å²) in [7, 11) is 1.61. The van der Waals surface area contributed by atoms with Crippen molar-refractivity contribution >= 4 is 28.5 Å². The summed E-state index contributed by atoms with van der Waals surface area (Å²) < 4.78 is 32.8. The van der Waals surface area contributed by atoms with Gasteiger partial charge < -0.3 is 20.3 Å². The number of halogens is 2. The molecule has 142 valence electrons. The van der Waals surface area contributed by atoms with Crippen LogP contribution in [-0.4, -0.2) is 32.7 Å². The first-order valence-corrected chi connectivity index (χ1v) is 8.65. The number of nitrogens with one attached hydrogen (secondary N) is 2. The molecule has 5 nitrogen and oxygen atoms in total. The molecule has 0 spiro atoms. The van der Waals surface area contributed by atoms with Gasteiger partial charge in [-0.05, 0) is 43.3 Å². The summed E-state index contributed by atoms with van der Waals surface area (Å²) in [5.41, 5.74) is 2.39. The van der Waals surface area contributed by atoms with Crippen molar-refractivity contribution in [2.75, 3.05) is 42.3 Å². The van der Waals surface area contributed by atoms with E-state index < -0.39 is 5.82 Å². The lowest BCUT2D eigenvalue weighted by Gasteiger charge is -2.23. The van der Waals surface area contributed by atoms with Crippen molar-refractivity contribution in [3.8, 4) is 0 Å². The molecule has 0 radical (unpaired) electrons. The molecule has 1 heterocycles. The van der Waals surface area contributed by atoms with Gasteiger partial charge in [-0.25, -0.2) is 8.78 Å². The third-order valence-electron chi connectivity index (χ3n) is 4.38. The van der Waals surface area contributed by atoms with E-state index in [0.717, 1.165) is 0 Å². The minimum absolute atomic E-state index is 0.336. The zero-order valence-corrected chi connectivity index (χ0v) is 15.2. The van der Waals surface area contributed by atoms with Crippen molar-refractivity contribution in [1.29, 1.82) is 0 Å². The number of carbonyl (C=O) groups is 1. The molecule has 1 aliphatic heterocycles. The lowest BCUT2D eigenvalue weighted by molar-refractivity contribution is -0.110. The Kier molecular flexibility index (Phi) is 5.71. The fourth-order valence-corrected chi connectivity index (χ4v) is 2.97. The van der Waals surface area contributed by atoms with E-state index >= 15 is 0 Å². The van der Waals surface area contributed by atoms with Crippen LogP contribution >= 0.6 is 0 Å². The SMILES string of the molecule is CCN(CCOC)c1ccc(NC=C2C(=O)Nc3cc(F)ccc32)cc1F. The summed E-state index contributed by atoms with van der Waals surface area (Å²) in [5, 5.41) is 5.55. The van der Waals surface area contributed by atoms with Crippen LogP contribution in [0.1, 0.15) is 12.5 Å². The second-order valence-corrected chi connectivity index (χ2v) is 6.09. The number of amides is 1. The molecule has 1 aliphatic rings. The Morgan fingerprint density at radius 2 is 2.04 bits per heavy atom. The number of rotatable bonds is 7. The molecule has 0 aromatic heterocycles. The Balaban J connectivity index is 1.78. The number of benzene rings is 2. The summed E-state index contributed by atoms with van der Waals surface area (Å²) in [6, 6.07) is 8.90. The van der Waals surface area contributed by atoms with E-state index in [1.165, 1.54) is 30.5 Å². The Morgan fingerprint density at radius 3 is 2.74 bits per heavy atom. The molecule has 2 aromatic rings. The molecule has 0 bridgehead atoms. The van der Waals surface area contributed by atoms with Gasteiger partial charge in [-0.1, -0.05) is 0 Å². The minimum atomic E-state index is -0.421. The van der Waals surface area contributed by atoms with Crippen molar-refractivity contribution in [3.63, 3.8) is 0 Å². The summed E-state index contributed by atoms with van der Waals surface area (Å²) in [6.45, 7) is 3.71. The smallest absolute Gasteiger partial charge is 0.257 e. The molecule has 0 fully saturated rings. The van der Waals surface area contributed by atoms with E-state index in [0.29, 0.717) is 47.9 Å². The second-order valence-electron chi connectivity index (χ2n) is 6.09. The zero-order valence-electron chi connectivity index (χ0n) is 15.2. The van der Waals surface area contributed by atoms with Crippen LogP contribution in [0.25, 0.3) is 5.57 Å². The fraction of sp³-hybridized carbons (Fsp3) is 0.250. The molecule has 0 saturated carbocycles. The Hall–Kier alpha value is -2.93. The lowest BCUT2D eigenvalue weighted by atomic mass is 10.1.